The third kappa shape index (κ3) is 4.90. The van der Waals surface area contributed by atoms with Crippen LogP contribution in [0.2, 0.25) is 0 Å². The predicted octanol–water partition coefficient (Wildman–Crippen LogP) is 4.39. The van der Waals surface area contributed by atoms with E-state index in [2.05, 4.69) is 0 Å². The standard InChI is InChI=1S/C12H14Cl2O2S/c1-15-12(16-2)9-3-5-11(6-4-9)17-8-10(14)7-13/h3-7,12H,8H2,1-2H3/b10-7-. The molecule has 5 heteroatoms. The van der Waals surface area contributed by atoms with E-state index in [0.717, 1.165) is 10.5 Å². The number of thioether (sulfide) groups is 1. The van der Waals surface area contributed by atoms with Crippen LogP contribution in [0.1, 0.15) is 11.9 Å². The van der Waals surface area contributed by atoms with Crippen molar-refractivity contribution in [2.75, 3.05) is 20.0 Å². The van der Waals surface area contributed by atoms with Gasteiger partial charge in [0.25, 0.3) is 0 Å². The zero-order chi connectivity index (χ0) is 12.7. The van der Waals surface area contributed by atoms with E-state index in [1.54, 1.807) is 26.0 Å². The summed E-state index contributed by atoms with van der Waals surface area (Å²) in [6, 6.07) is 7.95. The molecule has 0 saturated heterocycles. The molecule has 1 aromatic carbocycles. The van der Waals surface area contributed by atoms with E-state index in [-0.39, 0.29) is 6.29 Å². The SMILES string of the molecule is COC(OC)c1ccc(SC/C(Cl)=C/Cl)cc1. The highest BCUT2D eigenvalue weighted by molar-refractivity contribution is 7.99. The summed E-state index contributed by atoms with van der Waals surface area (Å²) in [6.45, 7) is 0. The Bertz CT molecular complexity index is 361. The number of hydrogen-bond donors (Lipinski definition) is 0. The van der Waals surface area contributed by atoms with Crippen molar-refractivity contribution >= 4 is 35.0 Å². The molecular weight excluding hydrogens is 279 g/mol. The Balaban J connectivity index is 2.61. The van der Waals surface area contributed by atoms with Gasteiger partial charge in [-0.1, -0.05) is 35.3 Å². The van der Waals surface area contributed by atoms with E-state index in [4.69, 9.17) is 32.7 Å². The van der Waals surface area contributed by atoms with Gasteiger partial charge in [-0.3, -0.25) is 0 Å². The maximum absolute atomic E-state index is 5.81. The Morgan fingerprint density at radius 3 is 2.35 bits per heavy atom. The van der Waals surface area contributed by atoms with Crippen LogP contribution in [-0.4, -0.2) is 20.0 Å². The number of benzene rings is 1. The number of halogens is 2. The molecule has 2 nitrogen and oxygen atoms in total. The fourth-order valence-electron chi connectivity index (χ4n) is 1.27. The molecule has 1 rings (SSSR count). The van der Waals surface area contributed by atoms with Gasteiger partial charge in [-0.15, -0.1) is 11.8 Å². The number of rotatable bonds is 6. The average molecular weight is 293 g/mol. The van der Waals surface area contributed by atoms with Crippen LogP contribution in [0.3, 0.4) is 0 Å². The Morgan fingerprint density at radius 2 is 1.88 bits per heavy atom. The van der Waals surface area contributed by atoms with Crippen molar-refractivity contribution in [3.05, 3.63) is 40.4 Å². The molecule has 0 saturated carbocycles. The van der Waals surface area contributed by atoms with Crippen LogP contribution in [0, 0.1) is 0 Å². The second-order valence-electron chi connectivity index (χ2n) is 3.22. The molecule has 94 valence electrons. The molecule has 0 aliphatic heterocycles. The molecule has 0 atom stereocenters. The van der Waals surface area contributed by atoms with Gasteiger partial charge in [0.2, 0.25) is 0 Å². The second kappa shape index (κ2) is 8.01. The van der Waals surface area contributed by atoms with Crippen LogP contribution in [0.25, 0.3) is 0 Å². The van der Waals surface area contributed by atoms with Crippen LogP contribution in [0.4, 0.5) is 0 Å². The van der Waals surface area contributed by atoms with Crippen molar-refractivity contribution in [2.24, 2.45) is 0 Å². The summed E-state index contributed by atoms with van der Waals surface area (Å²) in [5.41, 5.74) is 2.37. The lowest BCUT2D eigenvalue weighted by Crippen LogP contribution is -2.02. The van der Waals surface area contributed by atoms with Gasteiger partial charge in [0, 0.05) is 41.0 Å². The monoisotopic (exact) mass is 292 g/mol. The molecule has 0 bridgehead atoms. The molecule has 0 fully saturated rings. The summed E-state index contributed by atoms with van der Waals surface area (Å²) in [5, 5.41) is 0.632. The third-order valence-corrected chi connectivity index (χ3v) is 3.91. The molecule has 0 radical (unpaired) electrons. The summed E-state index contributed by atoms with van der Waals surface area (Å²) in [6.07, 6.45) is -0.319. The van der Waals surface area contributed by atoms with Crippen molar-refractivity contribution in [3.8, 4) is 0 Å². The van der Waals surface area contributed by atoms with Crippen molar-refractivity contribution in [3.63, 3.8) is 0 Å². The number of ether oxygens (including phenoxy) is 2. The van der Waals surface area contributed by atoms with Crippen molar-refractivity contribution in [1.82, 2.24) is 0 Å². The molecule has 0 aliphatic rings. The summed E-state index contributed by atoms with van der Waals surface area (Å²) < 4.78 is 10.3. The molecule has 0 aromatic heterocycles. The summed E-state index contributed by atoms with van der Waals surface area (Å²) in [7, 11) is 3.23. The second-order valence-corrected chi connectivity index (χ2v) is 4.97. The zero-order valence-electron chi connectivity index (χ0n) is 9.65. The smallest absolute Gasteiger partial charge is 0.183 e. The van der Waals surface area contributed by atoms with Gasteiger partial charge in [0.15, 0.2) is 6.29 Å². The van der Waals surface area contributed by atoms with Crippen LogP contribution < -0.4 is 0 Å². The Labute approximate surface area is 116 Å². The molecule has 0 aliphatic carbocycles. The lowest BCUT2D eigenvalue weighted by molar-refractivity contribution is -0.106. The van der Waals surface area contributed by atoms with Crippen LogP contribution in [0.15, 0.2) is 39.7 Å². The summed E-state index contributed by atoms with van der Waals surface area (Å²) in [4.78, 5) is 1.12. The average Bonchev–Trinajstić information content (AvgIpc) is 2.38. The van der Waals surface area contributed by atoms with Gasteiger partial charge >= 0.3 is 0 Å². The van der Waals surface area contributed by atoms with Crippen LogP contribution >= 0.6 is 35.0 Å². The Hall–Kier alpha value is -0.190. The molecule has 1 aromatic rings. The normalized spacial score (nSPS) is 12.2. The number of hydrogen-bond acceptors (Lipinski definition) is 3. The van der Waals surface area contributed by atoms with Crippen molar-refractivity contribution < 1.29 is 9.47 Å². The molecule has 0 N–H and O–H groups in total. The van der Waals surface area contributed by atoms with E-state index in [1.165, 1.54) is 5.54 Å². The van der Waals surface area contributed by atoms with Crippen LogP contribution in [0.5, 0.6) is 0 Å². The van der Waals surface area contributed by atoms with E-state index in [1.807, 2.05) is 24.3 Å². The predicted molar refractivity (Wildman–Crippen MR) is 73.7 cm³/mol. The minimum absolute atomic E-state index is 0.319. The first kappa shape index (κ1) is 14.9. The van der Waals surface area contributed by atoms with Gasteiger partial charge in [-0.2, -0.15) is 0 Å². The van der Waals surface area contributed by atoms with E-state index >= 15 is 0 Å². The van der Waals surface area contributed by atoms with Crippen LogP contribution in [-0.2, 0) is 9.47 Å². The van der Waals surface area contributed by atoms with Gasteiger partial charge in [0.05, 0.1) is 0 Å². The highest BCUT2D eigenvalue weighted by atomic mass is 35.5. The van der Waals surface area contributed by atoms with Crippen molar-refractivity contribution in [1.29, 1.82) is 0 Å². The van der Waals surface area contributed by atoms with E-state index in [9.17, 15) is 0 Å². The maximum Gasteiger partial charge on any atom is 0.183 e. The fraction of sp³-hybridized carbons (Fsp3) is 0.333. The van der Waals surface area contributed by atoms with Gasteiger partial charge < -0.3 is 9.47 Å². The first-order valence-corrected chi connectivity index (χ1v) is 6.74. The van der Waals surface area contributed by atoms with E-state index < -0.39 is 0 Å². The Morgan fingerprint density at radius 1 is 1.29 bits per heavy atom. The topological polar surface area (TPSA) is 18.5 Å². The highest BCUT2D eigenvalue weighted by Gasteiger charge is 2.08. The lowest BCUT2D eigenvalue weighted by atomic mass is 10.2. The number of methoxy groups -OCH3 is 2. The first-order valence-electron chi connectivity index (χ1n) is 4.94. The van der Waals surface area contributed by atoms with Gasteiger partial charge in [-0.05, 0) is 12.1 Å². The fourth-order valence-corrected chi connectivity index (χ4v) is 2.32. The first-order chi connectivity index (χ1) is 8.21. The molecule has 0 heterocycles. The molecule has 0 amide bonds. The minimum Gasteiger partial charge on any atom is -0.352 e. The van der Waals surface area contributed by atoms with Gasteiger partial charge in [-0.25, -0.2) is 0 Å². The third-order valence-electron chi connectivity index (χ3n) is 2.08. The summed E-state index contributed by atoms with van der Waals surface area (Å²) in [5.74, 6) is 0.669. The molecule has 0 unspecified atom stereocenters. The van der Waals surface area contributed by atoms with E-state index in [0.29, 0.717) is 10.8 Å². The molecule has 0 spiro atoms. The highest BCUT2D eigenvalue weighted by Crippen LogP contribution is 2.25. The van der Waals surface area contributed by atoms with Crippen molar-refractivity contribution in [2.45, 2.75) is 11.2 Å². The Kier molecular flexibility index (Phi) is 7.00. The zero-order valence-corrected chi connectivity index (χ0v) is 12.0. The summed E-state index contributed by atoms with van der Waals surface area (Å²) >= 11 is 12.9. The quantitative estimate of drug-likeness (QED) is 0.572. The lowest BCUT2D eigenvalue weighted by Gasteiger charge is -2.13. The molecule has 17 heavy (non-hydrogen) atoms. The minimum atomic E-state index is -0.319. The largest absolute Gasteiger partial charge is 0.352 e. The van der Waals surface area contributed by atoms with Gasteiger partial charge in [0.1, 0.15) is 0 Å². The maximum atomic E-state index is 5.81. The molecular formula is C12H14Cl2O2S.